The number of phenols is 1. The molecule has 0 aliphatic carbocycles. The Labute approximate surface area is 122 Å². The average Bonchev–Trinajstić information content (AvgIpc) is 2.31. The van der Waals surface area contributed by atoms with Crippen LogP contribution in [0.3, 0.4) is 0 Å². The van der Waals surface area contributed by atoms with Crippen molar-refractivity contribution in [2.24, 2.45) is 11.5 Å². The van der Waals surface area contributed by atoms with Crippen molar-refractivity contribution in [2.75, 3.05) is 13.2 Å². The van der Waals surface area contributed by atoms with Crippen LogP contribution in [0.1, 0.15) is 31.4 Å². The lowest BCUT2D eigenvalue weighted by Crippen LogP contribution is -2.12. The van der Waals surface area contributed by atoms with Gasteiger partial charge in [0.15, 0.2) is 11.5 Å². The van der Waals surface area contributed by atoms with Gasteiger partial charge in [0.1, 0.15) is 0 Å². The zero-order chi connectivity index (χ0) is 12.8. The van der Waals surface area contributed by atoms with Crippen molar-refractivity contribution < 1.29 is 9.84 Å². The molecule has 0 bridgehead atoms. The summed E-state index contributed by atoms with van der Waals surface area (Å²) >= 11 is 3.29. The van der Waals surface area contributed by atoms with E-state index in [9.17, 15) is 5.11 Å². The highest BCUT2D eigenvalue weighted by molar-refractivity contribution is 9.10. The van der Waals surface area contributed by atoms with Crippen molar-refractivity contribution in [1.82, 2.24) is 0 Å². The van der Waals surface area contributed by atoms with E-state index in [0.29, 0.717) is 23.4 Å². The first kappa shape index (κ1) is 17.5. The van der Waals surface area contributed by atoms with E-state index in [0.717, 1.165) is 18.4 Å². The van der Waals surface area contributed by atoms with Gasteiger partial charge >= 0.3 is 0 Å². The number of phenolic OH excluding ortho intramolecular Hbond substituents is 1. The molecule has 0 radical (unpaired) electrons. The van der Waals surface area contributed by atoms with Crippen LogP contribution < -0.4 is 16.2 Å². The molecule has 1 aromatic carbocycles. The molecule has 0 heterocycles. The summed E-state index contributed by atoms with van der Waals surface area (Å²) in [6, 6.07) is 3.51. The SMILES string of the molecule is CCOc1cc([C@@H](N)CCCN)cc(Br)c1O.Cl. The molecule has 0 unspecified atom stereocenters. The molecular weight excluding hydrogens is 320 g/mol. The summed E-state index contributed by atoms with van der Waals surface area (Å²) in [4.78, 5) is 0. The minimum absolute atomic E-state index is 0. The molecule has 0 saturated heterocycles. The van der Waals surface area contributed by atoms with E-state index in [4.69, 9.17) is 16.2 Å². The van der Waals surface area contributed by atoms with Crippen LogP contribution in [-0.2, 0) is 0 Å². The van der Waals surface area contributed by atoms with Crippen LogP contribution in [-0.4, -0.2) is 18.3 Å². The normalized spacial score (nSPS) is 11.8. The molecule has 0 amide bonds. The van der Waals surface area contributed by atoms with Crippen molar-refractivity contribution in [1.29, 1.82) is 0 Å². The minimum atomic E-state index is -0.0883. The predicted molar refractivity (Wildman–Crippen MR) is 79.4 cm³/mol. The van der Waals surface area contributed by atoms with E-state index in [1.165, 1.54) is 0 Å². The minimum Gasteiger partial charge on any atom is -0.503 e. The Hall–Kier alpha value is -0.490. The topological polar surface area (TPSA) is 81.5 Å². The molecule has 1 rings (SSSR count). The standard InChI is InChI=1S/C12H19BrN2O2.ClH/c1-2-17-11-7-8(6-9(13)12(11)16)10(15)4-3-5-14;/h6-7,10,16H,2-5,14-15H2,1H3;1H/t10-;/m0./s1. The van der Waals surface area contributed by atoms with Gasteiger partial charge in [0, 0.05) is 6.04 Å². The largest absolute Gasteiger partial charge is 0.503 e. The fourth-order valence-electron chi connectivity index (χ4n) is 1.58. The van der Waals surface area contributed by atoms with Crippen LogP contribution in [0.15, 0.2) is 16.6 Å². The summed E-state index contributed by atoms with van der Waals surface area (Å²) in [7, 11) is 0. The summed E-state index contributed by atoms with van der Waals surface area (Å²) in [5.74, 6) is 0.571. The molecule has 0 aliphatic heterocycles. The molecule has 5 N–H and O–H groups in total. The third kappa shape index (κ3) is 4.65. The summed E-state index contributed by atoms with van der Waals surface area (Å²) in [6.45, 7) is 3.00. The third-order valence-corrected chi connectivity index (χ3v) is 3.10. The number of rotatable bonds is 6. The molecule has 0 fully saturated rings. The van der Waals surface area contributed by atoms with Gasteiger partial charge in [-0.15, -0.1) is 12.4 Å². The first-order valence-corrected chi connectivity index (χ1v) is 6.50. The highest BCUT2D eigenvalue weighted by Gasteiger charge is 2.13. The molecule has 18 heavy (non-hydrogen) atoms. The van der Waals surface area contributed by atoms with Gasteiger partial charge in [0.05, 0.1) is 11.1 Å². The van der Waals surface area contributed by atoms with Gasteiger partial charge in [0.2, 0.25) is 0 Å². The van der Waals surface area contributed by atoms with Crippen LogP contribution in [0.2, 0.25) is 0 Å². The Kier molecular flexibility index (Phi) is 8.35. The molecule has 104 valence electrons. The maximum Gasteiger partial charge on any atom is 0.172 e. The Morgan fingerprint density at radius 2 is 2.11 bits per heavy atom. The number of hydrogen-bond acceptors (Lipinski definition) is 4. The maximum atomic E-state index is 9.78. The lowest BCUT2D eigenvalue weighted by Gasteiger charge is -2.15. The molecule has 0 aliphatic rings. The summed E-state index contributed by atoms with van der Waals surface area (Å²) in [5, 5.41) is 9.78. The Balaban J connectivity index is 0.00000289. The fraction of sp³-hybridized carbons (Fsp3) is 0.500. The predicted octanol–water partition coefficient (Wildman–Crippen LogP) is 2.71. The van der Waals surface area contributed by atoms with Crippen molar-refractivity contribution in [3.05, 3.63) is 22.2 Å². The molecular formula is C12H20BrClN2O2. The van der Waals surface area contributed by atoms with Gasteiger partial charge in [-0.2, -0.15) is 0 Å². The van der Waals surface area contributed by atoms with E-state index in [1.807, 2.05) is 13.0 Å². The quantitative estimate of drug-likeness (QED) is 0.744. The third-order valence-electron chi connectivity index (χ3n) is 2.50. The second kappa shape index (κ2) is 8.58. The number of nitrogens with two attached hydrogens (primary N) is 2. The zero-order valence-corrected chi connectivity index (χ0v) is 12.8. The first-order chi connectivity index (χ1) is 8.10. The first-order valence-electron chi connectivity index (χ1n) is 5.71. The molecule has 1 atom stereocenters. The van der Waals surface area contributed by atoms with Crippen LogP contribution >= 0.6 is 28.3 Å². The van der Waals surface area contributed by atoms with E-state index in [-0.39, 0.29) is 24.2 Å². The number of benzene rings is 1. The Morgan fingerprint density at radius 3 is 2.67 bits per heavy atom. The van der Waals surface area contributed by atoms with Crippen LogP contribution in [0.4, 0.5) is 0 Å². The molecule has 0 saturated carbocycles. The Morgan fingerprint density at radius 1 is 1.44 bits per heavy atom. The Bertz CT molecular complexity index is 377. The lowest BCUT2D eigenvalue weighted by molar-refractivity contribution is 0.316. The van der Waals surface area contributed by atoms with E-state index in [2.05, 4.69) is 15.9 Å². The van der Waals surface area contributed by atoms with Gasteiger partial charge in [-0.25, -0.2) is 0 Å². The second-order valence-electron chi connectivity index (χ2n) is 3.82. The number of ether oxygens (including phenoxy) is 1. The van der Waals surface area contributed by atoms with Crippen LogP contribution in [0.5, 0.6) is 11.5 Å². The maximum absolute atomic E-state index is 9.78. The van der Waals surface area contributed by atoms with Gasteiger partial charge in [-0.1, -0.05) is 0 Å². The lowest BCUT2D eigenvalue weighted by atomic mass is 10.0. The van der Waals surface area contributed by atoms with Crippen molar-refractivity contribution in [2.45, 2.75) is 25.8 Å². The van der Waals surface area contributed by atoms with Crippen molar-refractivity contribution in [3.63, 3.8) is 0 Å². The van der Waals surface area contributed by atoms with Gasteiger partial charge < -0.3 is 21.3 Å². The summed E-state index contributed by atoms with van der Waals surface area (Å²) < 4.78 is 5.95. The number of halogens is 2. The fourth-order valence-corrected chi connectivity index (χ4v) is 2.04. The van der Waals surface area contributed by atoms with Gasteiger partial charge in [0.25, 0.3) is 0 Å². The van der Waals surface area contributed by atoms with E-state index >= 15 is 0 Å². The van der Waals surface area contributed by atoms with Gasteiger partial charge in [-0.3, -0.25) is 0 Å². The summed E-state index contributed by atoms with van der Waals surface area (Å²) in [6.07, 6.45) is 1.70. The molecule has 4 nitrogen and oxygen atoms in total. The van der Waals surface area contributed by atoms with Gasteiger partial charge in [-0.05, 0) is 59.9 Å². The molecule has 0 spiro atoms. The van der Waals surface area contributed by atoms with Crippen molar-refractivity contribution >= 4 is 28.3 Å². The smallest absolute Gasteiger partial charge is 0.172 e. The van der Waals surface area contributed by atoms with Crippen LogP contribution in [0, 0.1) is 0 Å². The molecule has 6 heteroatoms. The van der Waals surface area contributed by atoms with Crippen molar-refractivity contribution in [3.8, 4) is 11.5 Å². The average molecular weight is 340 g/mol. The van der Waals surface area contributed by atoms with Crippen LogP contribution in [0.25, 0.3) is 0 Å². The number of aromatic hydroxyl groups is 1. The highest BCUT2D eigenvalue weighted by Crippen LogP contribution is 2.37. The number of hydrogen-bond donors (Lipinski definition) is 3. The van der Waals surface area contributed by atoms with E-state index in [1.54, 1.807) is 6.07 Å². The monoisotopic (exact) mass is 338 g/mol. The highest BCUT2D eigenvalue weighted by atomic mass is 79.9. The van der Waals surface area contributed by atoms with E-state index < -0.39 is 0 Å². The molecule has 0 aromatic heterocycles. The molecule has 1 aromatic rings. The second-order valence-corrected chi connectivity index (χ2v) is 4.67. The summed E-state index contributed by atoms with van der Waals surface area (Å²) in [5.41, 5.74) is 12.4. The zero-order valence-electron chi connectivity index (χ0n) is 10.4.